The predicted octanol–water partition coefficient (Wildman–Crippen LogP) is 1.40. The summed E-state index contributed by atoms with van der Waals surface area (Å²) in [6, 6.07) is 5.22. The largest absolute Gasteiger partial charge is 0.399 e. The van der Waals surface area contributed by atoms with Crippen LogP contribution >= 0.6 is 0 Å². The quantitative estimate of drug-likeness (QED) is 0.472. The lowest BCUT2D eigenvalue weighted by Gasteiger charge is -2.11. The Balaban J connectivity index is 1.94. The predicted molar refractivity (Wildman–Crippen MR) is 79.6 cm³/mol. The number of nitrogens with two attached hydrogens (primary N) is 1. The Morgan fingerprint density at radius 2 is 2.30 bits per heavy atom. The van der Waals surface area contributed by atoms with Crippen molar-refractivity contribution >= 4 is 17.3 Å². The number of imidazole rings is 1. The number of nitrogen functional groups attached to an aromatic ring is 1. The first kappa shape index (κ1) is 13.9. The highest BCUT2D eigenvalue weighted by Crippen LogP contribution is 2.19. The van der Waals surface area contributed by atoms with Crippen molar-refractivity contribution < 1.29 is 4.79 Å². The number of H-pyrrole nitrogens is 1. The molecule has 0 fully saturated rings. The molecule has 0 radical (unpaired) electrons. The van der Waals surface area contributed by atoms with Gasteiger partial charge in [0, 0.05) is 43.8 Å². The zero-order chi connectivity index (χ0) is 14.4. The van der Waals surface area contributed by atoms with E-state index in [0.717, 1.165) is 30.9 Å². The third-order valence-corrected chi connectivity index (χ3v) is 2.98. The summed E-state index contributed by atoms with van der Waals surface area (Å²) in [5.41, 5.74) is 7.74. The SMILES string of the molecule is CNC(=O)c1ccc(N)cc1NCCCc1ncc[nH]1. The Morgan fingerprint density at radius 1 is 1.45 bits per heavy atom. The number of aryl methyl sites for hydroxylation is 1. The molecule has 1 heterocycles. The first-order valence-electron chi connectivity index (χ1n) is 6.54. The minimum atomic E-state index is -0.126. The maximum absolute atomic E-state index is 11.8. The number of amides is 1. The van der Waals surface area contributed by atoms with Crippen molar-refractivity contribution in [3.8, 4) is 0 Å². The van der Waals surface area contributed by atoms with Gasteiger partial charge in [0.1, 0.15) is 5.82 Å². The fourth-order valence-corrected chi connectivity index (χ4v) is 1.95. The van der Waals surface area contributed by atoms with E-state index in [1.54, 1.807) is 31.4 Å². The topological polar surface area (TPSA) is 95.8 Å². The van der Waals surface area contributed by atoms with Crippen molar-refractivity contribution in [2.75, 3.05) is 24.6 Å². The molecule has 2 aromatic rings. The molecule has 0 aliphatic heterocycles. The summed E-state index contributed by atoms with van der Waals surface area (Å²) in [4.78, 5) is 19.0. The number of benzene rings is 1. The standard InChI is InChI=1S/C14H19N5O/c1-16-14(20)11-5-4-10(15)9-12(11)17-6-2-3-13-18-7-8-19-13/h4-5,7-9,17H,2-3,6,15H2,1H3,(H,16,20)(H,18,19). The molecule has 1 amide bonds. The van der Waals surface area contributed by atoms with E-state index >= 15 is 0 Å². The maximum atomic E-state index is 11.8. The second-order valence-electron chi connectivity index (χ2n) is 4.45. The van der Waals surface area contributed by atoms with Gasteiger partial charge < -0.3 is 21.4 Å². The van der Waals surface area contributed by atoms with Gasteiger partial charge in [0.15, 0.2) is 0 Å². The molecule has 106 valence electrons. The van der Waals surface area contributed by atoms with Crippen LogP contribution in [0.5, 0.6) is 0 Å². The van der Waals surface area contributed by atoms with E-state index in [0.29, 0.717) is 11.3 Å². The third-order valence-electron chi connectivity index (χ3n) is 2.98. The van der Waals surface area contributed by atoms with Crippen LogP contribution < -0.4 is 16.4 Å². The Labute approximate surface area is 117 Å². The number of hydrogen-bond acceptors (Lipinski definition) is 4. The molecular weight excluding hydrogens is 254 g/mol. The van der Waals surface area contributed by atoms with Crippen LogP contribution in [-0.2, 0) is 6.42 Å². The molecular formula is C14H19N5O. The summed E-state index contributed by atoms with van der Waals surface area (Å²) < 4.78 is 0. The molecule has 0 unspecified atom stereocenters. The molecule has 6 heteroatoms. The van der Waals surface area contributed by atoms with Crippen molar-refractivity contribution in [3.63, 3.8) is 0 Å². The van der Waals surface area contributed by atoms with Crippen LogP contribution in [0.2, 0.25) is 0 Å². The highest BCUT2D eigenvalue weighted by Gasteiger charge is 2.09. The fraction of sp³-hybridized carbons (Fsp3) is 0.286. The van der Waals surface area contributed by atoms with Crippen molar-refractivity contribution in [2.45, 2.75) is 12.8 Å². The number of nitrogens with zero attached hydrogens (tertiary/aromatic N) is 1. The van der Waals surface area contributed by atoms with E-state index in [1.807, 2.05) is 6.20 Å². The second-order valence-corrected chi connectivity index (χ2v) is 4.45. The van der Waals surface area contributed by atoms with Gasteiger partial charge in [-0.1, -0.05) is 0 Å². The molecule has 0 atom stereocenters. The molecule has 5 N–H and O–H groups in total. The number of rotatable bonds is 6. The monoisotopic (exact) mass is 273 g/mol. The van der Waals surface area contributed by atoms with Gasteiger partial charge in [-0.05, 0) is 24.6 Å². The molecule has 20 heavy (non-hydrogen) atoms. The van der Waals surface area contributed by atoms with E-state index in [-0.39, 0.29) is 5.91 Å². The normalized spacial score (nSPS) is 10.2. The van der Waals surface area contributed by atoms with Crippen molar-refractivity contribution in [2.24, 2.45) is 0 Å². The van der Waals surface area contributed by atoms with Crippen molar-refractivity contribution in [1.29, 1.82) is 0 Å². The number of carbonyl (C=O) groups is 1. The van der Waals surface area contributed by atoms with E-state index in [2.05, 4.69) is 20.6 Å². The van der Waals surface area contributed by atoms with E-state index < -0.39 is 0 Å². The molecule has 1 aromatic carbocycles. The zero-order valence-electron chi connectivity index (χ0n) is 11.4. The molecule has 6 nitrogen and oxygen atoms in total. The van der Waals surface area contributed by atoms with E-state index in [1.165, 1.54) is 0 Å². The van der Waals surface area contributed by atoms with Gasteiger partial charge in [-0.3, -0.25) is 4.79 Å². The fourth-order valence-electron chi connectivity index (χ4n) is 1.95. The molecule has 0 bridgehead atoms. The van der Waals surface area contributed by atoms with Crippen LogP contribution in [0.15, 0.2) is 30.6 Å². The van der Waals surface area contributed by atoms with Crippen LogP contribution in [0, 0.1) is 0 Å². The highest BCUT2D eigenvalue weighted by atomic mass is 16.1. The number of anilines is 2. The maximum Gasteiger partial charge on any atom is 0.253 e. The number of carbonyl (C=O) groups excluding carboxylic acids is 1. The van der Waals surface area contributed by atoms with Crippen LogP contribution in [0.1, 0.15) is 22.6 Å². The second kappa shape index (κ2) is 6.60. The molecule has 0 saturated heterocycles. The number of hydrogen-bond donors (Lipinski definition) is 4. The minimum absolute atomic E-state index is 0.126. The van der Waals surface area contributed by atoms with Gasteiger partial charge in [0.25, 0.3) is 5.91 Å². The van der Waals surface area contributed by atoms with Crippen LogP contribution in [0.25, 0.3) is 0 Å². The van der Waals surface area contributed by atoms with Gasteiger partial charge in [-0.15, -0.1) is 0 Å². The number of nitrogens with one attached hydrogen (secondary N) is 3. The lowest BCUT2D eigenvalue weighted by molar-refractivity contribution is 0.0964. The minimum Gasteiger partial charge on any atom is -0.399 e. The van der Waals surface area contributed by atoms with Crippen LogP contribution in [0.3, 0.4) is 0 Å². The summed E-state index contributed by atoms with van der Waals surface area (Å²) in [7, 11) is 1.61. The zero-order valence-corrected chi connectivity index (χ0v) is 11.4. The first-order chi connectivity index (χ1) is 9.70. The van der Waals surface area contributed by atoms with Gasteiger partial charge in [0.2, 0.25) is 0 Å². The van der Waals surface area contributed by atoms with Crippen LogP contribution in [-0.4, -0.2) is 29.5 Å². The van der Waals surface area contributed by atoms with Crippen LogP contribution in [0.4, 0.5) is 11.4 Å². The molecule has 0 spiro atoms. The Morgan fingerprint density at radius 3 is 3.00 bits per heavy atom. The van der Waals surface area contributed by atoms with Gasteiger partial charge in [-0.25, -0.2) is 4.98 Å². The Kier molecular flexibility index (Phi) is 4.60. The molecule has 0 aliphatic rings. The van der Waals surface area contributed by atoms with Crippen molar-refractivity contribution in [1.82, 2.24) is 15.3 Å². The summed E-state index contributed by atoms with van der Waals surface area (Å²) >= 11 is 0. The average molecular weight is 273 g/mol. The molecule has 0 aliphatic carbocycles. The first-order valence-corrected chi connectivity index (χ1v) is 6.54. The summed E-state index contributed by atoms with van der Waals surface area (Å²) in [6.45, 7) is 0.744. The highest BCUT2D eigenvalue weighted by molar-refractivity contribution is 6.00. The van der Waals surface area contributed by atoms with E-state index in [9.17, 15) is 4.79 Å². The van der Waals surface area contributed by atoms with E-state index in [4.69, 9.17) is 5.73 Å². The molecule has 2 rings (SSSR count). The summed E-state index contributed by atoms with van der Waals surface area (Å²) in [6.07, 6.45) is 5.32. The Bertz CT molecular complexity index is 565. The lowest BCUT2D eigenvalue weighted by Crippen LogP contribution is -2.20. The van der Waals surface area contributed by atoms with Gasteiger partial charge in [0.05, 0.1) is 5.56 Å². The number of aromatic amines is 1. The van der Waals surface area contributed by atoms with Gasteiger partial charge in [-0.2, -0.15) is 0 Å². The van der Waals surface area contributed by atoms with Gasteiger partial charge >= 0.3 is 0 Å². The molecule has 0 saturated carbocycles. The average Bonchev–Trinajstić information content (AvgIpc) is 2.96. The number of aromatic nitrogens is 2. The lowest BCUT2D eigenvalue weighted by atomic mass is 10.1. The van der Waals surface area contributed by atoms with Crippen molar-refractivity contribution in [3.05, 3.63) is 42.0 Å². The molecule has 1 aromatic heterocycles. The smallest absolute Gasteiger partial charge is 0.253 e. The Hall–Kier alpha value is -2.50. The summed E-state index contributed by atoms with van der Waals surface area (Å²) in [5, 5.41) is 5.87. The summed E-state index contributed by atoms with van der Waals surface area (Å²) in [5.74, 6) is 0.837. The third kappa shape index (κ3) is 3.50.